The van der Waals surface area contributed by atoms with E-state index in [4.69, 9.17) is 4.98 Å². The normalized spacial score (nSPS) is 13.5. The highest BCUT2D eigenvalue weighted by atomic mass is 19.1. The first-order valence-electron chi connectivity index (χ1n) is 8.09. The molecular weight excluding hydrogens is 303 g/mol. The number of aromatic amines is 1. The van der Waals surface area contributed by atoms with Crippen molar-refractivity contribution in [2.45, 2.75) is 19.4 Å². The number of hydrogen-bond acceptors (Lipinski definition) is 2. The van der Waals surface area contributed by atoms with Crippen LogP contribution < -0.4 is 0 Å². The molecule has 0 saturated heterocycles. The standard InChI is InChI=1S/C19H15FN4/c20-15-5-2-1-4-14(15)18-19(24-9-3-6-17(24)22-18)12-7-8-13-11-21-23-16(13)10-12/h1-2,4-5,7-8,10-11H,3,6,9H2,(H,21,23). The summed E-state index contributed by atoms with van der Waals surface area (Å²) in [6, 6.07) is 13.0. The van der Waals surface area contributed by atoms with Gasteiger partial charge in [-0.3, -0.25) is 5.10 Å². The minimum Gasteiger partial charge on any atom is -0.327 e. The third-order valence-corrected chi connectivity index (χ3v) is 4.67. The second-order valence-corrected chi connectivity index (χ2v) is 6.13. The fourth-order valence-electron chi connectivity index (χ4n) is 3.54. The van der Waals surface area contributed by atoms with Gasteiger partial charge in [-0.05, 0) is 24.6 Å². The first-order valence-corrected chi connectivity index (χ1v) is 8.09. The zero-order chi connectivity index (χ0) is 16.1. The van der Waals surface area contributed by atoms with Gasteiger partial charge in [0.2, 0.25) is 0 Å². The largest absolute Gasteiger partial charge is 0.327 e. The van der Waals surface area contributed by atoms with Crippen molar-refractivity contribution in [3.63, 3.8) is 0 Å². The van der Waals surface area contributed by atoms with Crippen molar-refractivity contribution in [3.8, 4) is 22.5 Å². The first kappa shape index (κ1) is 13.5. The maximum absolute atomic E-state index is 14.4. The van der Waals surface area contributed by atoms with Crippen LogP contribution in [0.15, 0.2) is 48.7 Å². The number of rotatable bonds is 2. The number of imidazole rings is 1. The average molecular weight is 318 g/mol. The van der Waals surface area contributed by atoms with E-state index in [0.717, 1.165) is 53.1 Å². The molecule has 2 aromatic carbocycles. The molecule has 0 saturated carbocycles. The van der Waals surface area contributed by atoms with E-state index in [2.05, 4.69) is 26.9 Å². The number of H-pyrrole nitrogens is 1. The third kappa shape index (κ3) is 1.91. The Morgan fingerprint density at radius 2 is 2.04 bits per heavy atom. The van der Waals surface area contributed by atoms with E-state index in [-0.39, 0.29) is 5.82 Å². The van der Waals surface area contributed by atoms with Crippen LogP contribution in [-0.4, -0.2) is 19.7 Å². The zero-order valence-corrected chi connectivity index (χ0v) is 13.0. The number of benzene rings is 2. The highest BCUT2D eigenvalue weighted by Crippen LogP contribution is 2.37. The third-order valence-electron chi connectivity index (χ3n) is 4.67. The lowest BCUT2D eigenvalue weighted by molar-refractivity contribution is 0.630. The summed E-state index contributed by atoms with van der Waals surface area (Å²) in [5.74, 6) is 0.797. The fourth-order valence-corrected chi connectivity index (χ4v) is 3.54. The Morgan fingerprint density at radius 1 is 1.12 bits per heavy atom. The molecule has 0 unspecified atom stereocenters. The van der Waals surface area contributed by atoms with Crippen molar-refractivity contribution >= 4 is 10.9 Å². The van der Waals surface area contributed by atoms with Gasteiger partial charge in [0.15, 0.2) is 0 Å². The Balaban J connectivity index is 1.79. The van der Waals surface area contributed by atoms with E-state index in [1.807, 2.05) is 12.1 Å². The van der Waals surface area contributed by atoms with Gasteiger partial charge >= 0.3 is 0 Å². The number of aromatic nitrogens is 4. The Morgan fingerprint density at radius 3 is 2.96 bits per heavy atom. The molecule has 3 heterocycles. The monoisotopic (exact) mass is 318 g/mol. The molecule has 0 spiro atoms. The first-order chi connectivity index (χ1) is 11.8. The maximum atomic E-state index is 14.4. The molecule has 24 heavy (non-hydrogen) atoms. The highest BCUT2D eigenvalue weighted by molar-refractivity contribution is 5.87. The molecule has 4 nitrogen and oxygen atoms in total. The number of aryl methyl sites for hydroxylation is 1. The van der Waals surface area contributed by atoms with E-state index in [0.29, 0.717) is 5.56 Å². The van der Waals surface area contributed by atoms with Gasteiger partial charge in [-0.2, -0.15) is 5.10 Å². The summed E-state index contributed by atoms with van der Waals surface area (Å²) in [5, 5.41) is 8.15. The van der Waals surface area contributed by atoms with Gasteiger partial charge in [0.25, 0.3) is 0 Å². The molecule has 0 aliphatic carbocycles. The van der Waals surface area contributed by atoms with Crippen molar-refractivity contribution in [1.29, 1.82) is 0 Å². The van der Waals surface area contributed by atoms with Gasteiger partial charge in [0.05, 0.1) is 23.1 Å². The van der Waals surface area contributed by atoms with Crippen LogP contribution in [0.5, 0.6) is 0 Å². The van der Waals surface area contributed by atoms with Gasteiger partial charge in [0, 0.05) is 29.5 Å². The summed E-state index contributed by atoms with van der Waals surface area (Å²) < 4.78 is 16.6. The lowest BCUT2D eigenvalue weighted by Gasteiger charge is -2.09. The topological polar surface area (TPSA) is 46.5 Å². The molecule has 1 aliphatic rings. The van der Waals surface area contributed by atoms with Crippen molar-refractivity contribution in [1.82, 2.24) is 19.7 Å². The number of nitrogens with zero attached hydrogens (tertiary/aromatic N) is 3. The molecule has 0 atom stereocenters. The minimum atomic E-state index is -0.238. The Bertz CT molecular complexity index is 1060. The van der Waals surface area contributed by atoms with Crippen molar-refractivity contribution in [3.05, 3.63) is 60.3 Å². The predicted molar refractivity (Wildman–Crippen MR) is 91.0 cm³/mol. The van der Waals surface area contributed by atoms with Crippen LogP contribution in [0.1, 0.15) is 12.2 Å². The van der Waals surface area contributed by atoms with E-state index in [9.17, 15) is 4.39 Å². The number of nitrogens with one attached hydrogen (secondary N) is 1. The lowest BCUT2D eigenvalue weighted by Crippen LogP contribution is -1.97. The van der Waals surface area contributed by atoms with Crippen molar-refractivity contribution in [2.24, 2.45) is 0 Å². The molecule has 5 heteroatoms. The molecule has 0 amide bonds. The molecule has 5 rings (SSSR count). The van der Waals surface area contributed by atoms with Crippen LogP contribution >= 0.6 is 0 Å². The van der Waals surface area contributed by atoms with E-state index >= 15 is 0 Å². The highest BCUT2D eigenvalue weighted by Gasteiger charge is 2.24. The molecule has 1 N–H and O–H groups in total. The summed E-state index contributed by atoms with van der Waals surface area (Å²) >= 11 is 0. The van der Waals surface area contributed by atoms with Crippen molar-refractivity contribution in [2.75, 3.05) is 0 Å². The van der Waals surface area contributed by atoms with Crippen LogP contribution in [0.4, 0.5) is 4.39 Å². The SMILES string of the molecule is Fc1ccccc1-c1nc2n(c1-c1ccc3cn[nH]c3c1)CCC2. The summed E-state index contributed by atoms with van der Waals surface area (Å²) in [7, 11) is 0. The molecule has 118 valence electrons. The zero-order valence-electron chi connectivity index (χ0n) is 13.0. The van der Waals surface area contributed by atoms with E-state index in [1.54, 1.807) is 18.3 Å². The van der Waals surface area contributed by atoms with Gasteiger partial charge in [-0.1, -0.05) is 24.3 Å². The lowest BCUT2D eigenvalue weighted by atomic mass is 10.0. The second kappa shape index (κ2) is 5.03. The molecular formula is C19H15FN4. The Labute approximate surface area is 138 Å². The molecule has 0 bridgehead atoms. The van der Waals surface area contributed by atoms with Crippen LogP contribution in [-0.2, 0) is 13.0 Å². The predicted octanol–water partition coefficient (Wildman–Crippen LogP) is 4.18. The summed E-state index contributed by atoms with van der Waals surface area (Å²) in [6.07, 6.45) is 3.82. The van der Waals surface area contributed by atoms with E-state index in [1.165, 1.54) is 6.07 Å². The quantitative estimate of drug-likeness (QED) is 0.603. The van der Waals surface area contributed by atoms with Gasteiger partial charge in [-0.25, -0.2) is 9.37 Å². The maximum Gasteiger partial charge on any atom is 0.132 e. The second-order valence-electron chi connectivity index (χ2n) is 6.13. The van der Waals surface area contributed by atoms with Gasteiger partial charge in [0.1, 0.15) is 11.6 Å². The minimum absolute atomic E-state index is 0.238. The smallest absolute Gasteiger partial charge is 0.132 e. The van der Waals surface area contributed by atoms with Crippen LogP contribution in [0.3, 0.4) is 0 Å². The summed E-state index contributed by atoms with van der Waals surface area (Å²) in [6.45, 7) is 0.924. The molecule has 0 fully saturated rings. The number of halogens is 1. The van der Waals surface area contributed by atoms with Crippen molar-refractivity contribution < 1.29 is 4.39 Å². The number of hydrogen-bond donors (Lipinski definition) is 1. The molecule has 1 aliphatic heterocycles. The van der Waals surface area contributed by atoms with Crippen LogP contribution in [0, 0.1) is 5.82 Å². The summed E-state index contributed by atoms with van der Waals surface area (Å²) in [5.41, 5.74) is 4.27. The molecule has 0 radical (unpaired) electrons. The van der Waals surface area contributed by atoms with Gasteiger partial charge in [-0.15, -0.1) is 0 Å². The van der Waals surface area contributed by atoms with Gasteiger partial charge < -0.3 is 4.57 Å². The fraction of sp³-hybridized carbons (Fsp3) is 0.158. The summed E-state index contributed by atoms with van der Waals surface area (Å²) in [4.78, 5) is 4.76. The Hall–Kier alpha value is -2.95. The van der Waals surface area contributed by atoms with E-state index < -0.39 is 0 Å². The average Bonchev–Trinajstić information content (AvgIpc) is 3.29. The van der Waals surface area contributed by atoms with Crippen LogP contribution in [0.2, 0.25) is 0 Å². The molecule has 2 aromatic heterocycles. The Kier molecular flexibility index (Phi) is 2.82. The van der Waals surface area contributed by atoms with Crippen LogP contribution in [0.25, 0.3) is 33.4 Å². The number of fused-ring (bicyclic) bond motifs is 2. The molecule has 4 aromatic rings.